The predicted molar refractivity (Wildman–Crippen MR) is 109 cm³/mol. The molecule has 0 fully saturated rings. The highest BCUT2D eigenvalue weighted by molar-refractivity contribution is 6.30. The second-order valence-electron chi connectivity index (χ2n) is 5.76. The number of hydrogen-bond donors (Lipinski definition) is 2. The number of nitrogens with one attached hydrogen (secondary N) is 2. The quantitative estimate of drug-likeness (QED) is 0.502. The molecular weight excluding hydrogens is 364 g/mol. The monoisotopic (exact) mass is 386 g/mol. The number of benzene rings is 2. The summed E-state index contributed by atoms with van der Waals surface area (Å²) >= 11 is 5.83. The molecule has 0 spiro atoms. The van der Waals surface area contributed by atoms with Crippen LogP contribution in [0.3, 0.4) is 0 Å². The molecule has 0 unspecified atom stereocenters. The summed E-state index contributed by atoms with van der Waals surface area (Å²) < 4.78 is 5.23. The van der Waals surface area contributed by atoms with E-state index < -0.39 is 0 Å². The second-order valence-corrected chi connectivity index (χ2v) is 6.20. The first-order valence-corrected chi connectivity index (χ1v) is 9.17. The second kappa shape index (κ2) is 11.2. The predicted octanol–water partition coefficient (Wildman–Crippen LogP) is 4.15. The zero-order valence-electron chi connectivity index (χ0n) is 15.2. The number of hydrogen-bond acceptors (Lipinski definition) is 3. The van der Waals surface area contributed by atoms with E-state index in [9.17, 15) is 9.59 Å². The van der Waals surface area contributed by atoms with Crippen LogP contribution in [0.1, 0.15) is 29.3 Å². The van der Waals surface area contributed by atoms with Gasteiger partial charge in [0.25, 0.3) is 5.91 Å². The number of carbonyl (C=O) groups is 2. The molecule has 2 rings (SSSR count). The zero-order valence-corrected chi connectivity index (χ0v) is 16.0. The minimum absolute atomic E-state index is 0.181. The fraction of sp³-hybridized carbons (Fsp3) is 0.238. The lowest BCUT2D eigenvalue weighted by atomic mass is 10.2. The molecule has 0 bridgehead atoms. The van der Waals surface area contributed by atoms with Gasteiger partial charge >= 0.3 is 0 Å². The van der Waals surface area contributed by atoms with Crippen LogP contribution >= 0.6 is 11.6 Å². The molecule has 0 saturated carbocycles. The van der Waals surface area contributed by atoms with Gasteiger partial charge in [-0.2, -0.15) is 0 Å². The minimum Gasteiger partial charge on any atom is -0.382 e. The average molecular weight is 387 g/mol. The van der Waals surface area contributed by atoms with E-state index in [2.05, 4.69) is 10.6 Å². The Morgan fingerprint density at radius 3 is 2.67 bits per heavy atom. The van der Waals surface area contributed by atoms with Crippen molar-refractivity contribution < 1.29 is 14.3 Å². The van der Waals surface area contributed by atoms with E-state index in [0.717, 1.165) is 12.0 Å². The smallest absolute Gasteiger partial charge is 0.251 e. The summed E-state index contributed by atoms with van der Waals surface area (Å²) in [6, 6.07) is 14.0. The van der Waals surface area contributed by atoms with Crippen molar-refractivity contribution >= 4 is 35.2 Å². The van der Waals surface area contributed by atoms with E-state index in [1.165, 1.54) is 6.08 Å². The summed E-state index contributed by atoms with van der Waals surface area (Å²) in [7, 11) is 0. The topological polar surface area (TPSA) is 67.4 Å². The molecule has 5 nitrogen and oxygen atoms in total. The van der Waals surface area contributed by atoms with Crippen molar-refractivity contribution in [1.29, 1.82) is 0 Å². The summed E-state index contributed by atoms with van der Waals surface area (Å²) in [5.41, 5.74) is 1.92. The Morgan fingerprint density at radius 2 is 1.93 bits per heavy atom. The van der Waals surface area contributed by atoms with Crippen LogP contribution in [0.15, 0.2) is 54.6 Å². The Kier molecular flexibility index (Phi) is 8.55. The summed E-state index contributed by atoms with van der Waals surface area (Å²) in [5, 5.41) is 6.23. The van der Waals surface area contributed by atoms with Crippen LogP contribution in [-0.2, 0) is 9.53 Å². The molecule has 0 heterocycles. The lowest BCUT2D eigenvalue weighted by molar-refractivity contribution is -0.111. The molecule has 2 N–H and O–H groups in total. The molecule has 142 valence electrons. The standard InChI is InChI=1S/C21H23ClN2O3/c1-2-27-14-4-13-23-21(26)17-5-3-6-19(15-17)24-20(25)12-9-16-7-10-18(22)11-8-16/h3,5-12,15H,2,4,13-14H2,1H3,(H,23,26)(H,24,25). The molecule has 0 aliphatic rings. The molecular formula is C21H23ClN2O3. The third-order valence-corrected chi connectivity index (χ3v) is 3.90. The normalized spacial score (nSPS) is 10.7. The van der Waals surface area contributed by atoms with Crippen LogP contribution in [0.5, 0.6) is 0 Å². The maximum Gasteiger partial charge on any atom is 0.251 e. The van der Waals surface area contributed by atoms with Crippen LogP contribution < -0.4 is 10.6 Å². The van der Waals surface area contributed by atoms with Gasteiger partial charge in [0.2, 0.25) is 5.91 Å². The van der Waals surface area contributed by atoms with Crippen molar-refractivity contribution in [1.82, 2.24) is 5.32 Å². The highest BCUT2D eigenvalue weighted by atomic mass is 35.5. The van der Waals surface area contributed by atoms with Crippen molar-refractivity contribution in [3.05, 3.63) is 70.8 Å². The SMILES string of the molecule is CCOCCCNC(=O)c1cccc(NC(=O)C=Cc2ccc(Cl)cc2)c1. The van der Waals surface area contributed by atoms with Gasteiger partial charge in [0, 0.05) is 42.1 Å². The first-order valence-electron chi connectivity index (χ1n) is 8.79. The molecule has 0 aromatic heterocycles. The van der Waals surface area contributed by atoms with E-state index >= 15 is 0 Å². The van der Waals surface area contributed by atoms with Crippen molar-refractivity contribution in [2.24, 2.45) is 0 Å². The molecule has 0 aliphatic heterocycles. The molecule has 2 amide bonds. The van der Waals surface area contributed by atoms with Gasteiger partial charge in [-0.15, -0.1) is 0 Å². The van der Waals surface area contributed by atoms with Crippen LogP contribution in [0.4, 0.5) is 5.69 Å². The largest absolute Gasteiger partial charge is 0.382 e. The van der Waals surface area contributed by atoms with E-state index in [-0.39, 0.29) is 11.8 Å². The highest BCUT2D eigenvalue weighted by Crippen LogP contribution is 2.12. The van der Waals surface area contributed by atoms with Gasteiger partial charge < -0.3 is 15.4 Å². The van der Waals surface area contributed by atoms with Gasteiger partial charge in [-0.3, -0.25) is 9.59 Å². The van der Waals surface area contributed by atoms with Gasteiger partial charge in [0.15, 0.2) is 0 Å². The summed E-state index contributed by atoms with van der Waals surface area (Å²) in [6.07, 6.45) is 3.88. The van der Waals surface area contributed by atoms with E-state index in [1.807, 2.05) is 19.1 Å². The first-order chi connectivity index (χ1) is 13.1. The number of anilines is 1. The number of carbonyl (C=O) groups excluding carboxylic acids is 2. The lowest BCUT2D eigenvalue weighted by Gasteiger charge is -2.07. The Balaban J connectivity index is 1.87. The third-order valence-electron chi connectivity index (χ3n) is 3.64. The molecule has 0 aliphatic carbocycles. The maximum atomic E-state index is 12.2. The zero-order chi connectivity index (χ0) is 19.5. The van der Waals surface area contributed by atoms with Crippen LogP contribution in [0, 0.1) is 0 Å². The summed E-state index contributed by atoms with van der Waals surface area (Å²) in [4.78, 5) is 24.2. The molecule has 2 aromatic rings. The Labute approximate surface area is 164 Å². The van der Waals surface area contributed by atoms with Gasteiger partial charge in [0.1, 0.15) is 0 Å². The Bertz CT molecular complexity index is 788. The minimum atomic E-state index is -0.278. The average Bonchev–Trinajstić information content (AvgIpc) is 2.67. The van der Waals surface area contributed by atoms with Crippen molar-refractivity contribution in [2.75, 3.05) is 25.1 Å². The van der Waals surface area contributed by atoms with E-state index in [0.29, 0.717) is 36.0 Å². The van der Waals surface area contributed by atoms with Crippen molar-refractivity contribution in [3.8, 4) is 0 Å². The number of ether oxygens (including phenoxy) is 1. The van der Waals surface area contributed by atoms with Gasteiger partial charge in [-0.25, -0.2) is 0 Å². The lowest BCUT2D eigenvalue weighted by Crippen LogP contribution is -2.25. The van der Waals surface area contributed by atoms with Crippen LogP contribution in [0.25, 0.3) is 6.08 Å². The summed E-state index contributed by atoms with van der Waals surface area (Å²) in [5.74, 6) is -0.460. The highest BCUT2D eigenvalue weighted by Gasteiger charge is 2.06. The molecule has 6 heteroatoms. The van der Waals surface area contributed by atoms with E-state index in [4.69, 9.17) is 16.3 Å². The van der Waals surface area contributed by atoms with Crippen molar-refractivity contribution in [2.45, 2.75) is 13.3 Å². The van der Waals surface area contributed by atoms with Crippen LogP contribution in [-0.4, -0.2) is 31.6 Å². The number of amides is 2. The molecule has 0 atom stereocenters. The number of halogens is 1. The third kappa shape index (κ3) is 7.64. The van der Waals surface area contributed by atoms with Gasteiger partial charge in [-0.1, -0.05) is 29.8 Å². The number of rotatable bonds is 9. The van der Waals surface area contributed by atoms with E-state index in [1.54, 1.807) is 42.5 Å². The molecule has 2 aromatic carbocycles. The fourth-order valence-corrected chi connectivity index (χ4v) is 2.42. The molecule has 0 saturated heterocycles. The molecule has 0 radical (unpaired) electrons. The fourth-order valence-electron chi connectivity index (χ4n) is 2.29. The van der Waals surface area contributed by atoms with Crippen molar-refractivity contribution in [3.63, 3.8) is 0 Å². The Hall–Kier alpha value is -2.63. The first kappa shape index (κ1) is 20.7. The molecule has 27 heavy (non-hydrogen) atoms. The van der Waals surface area contributed by atoms with Crippen LogP contribution in [0.2, 0.25) is 5.02 Å². The van der Waals surface area contributed by atoms with Gasteiger partial charge in [-0.05, 0) is 55.3 Å². The maximum absolute atomic E-state index is 12.2. The van der Waals surface area contributed by atoms with Gasteiger partial charge in [0.05, 0.1) is 0 Å². The Morgan fingerprint density at radius 1 is 1.15 bits per heavy atom. The summed E-state index contributed by atoms with van der Waals surface area (Å²) in [6.45, 7) is 3.76.